The molecule has 0 aromatic carbocycles. The van der Waals surface area contributed by atoms with Crippen LogP contribution in [0.25, 0.3) is 0 Å². The average molecular weight is 978 g/mol. The molecule has 0 aliphatic heterocycles. The van der Waals surface area contributed by atoms with Gasteiger partial charge in [-0.05, 0) is 89.9 Å². The van der Waals surface area contributed by atoms with E-state index in [2.05, 4.69) is 93.7 Å². The number of hydrogen-bond acceptors (Lipinski definition) is 6. The minimum Gasteiger partial charge on any atom is -0.462 e. The number of ether oxygens (including phenoxy) is 3. The van der Waals surface area contributed by atoms with E-state index in [1.807, 2.05) is 0 Å². The number of allylic oxidation sites excluding steroid dienone is 12. The Labute approximate surface area is 433 Å². The number of carbonyl (C=O) groups is 3. The van der Waals surface area contributed by atoms with E-state index in [4.69, 9.17) is 14.2 Å². The van der Waals surface area contributed by atoms with Crippen molar-refractivity contribution >= 4 is 17.9 Å². The first kappa shape index (κ1) is 66.9. The van der Waals surface area contributed by atoms with Crippen LogP contribution >= 0.6 is 0 Å². The lowest BCUT2D eigenvalue weighted by molar-refractivity contribution is -0.167. The first-order valence-corrected chi connectivity index (χ1v) is 29.9. The summed E-state index contributed by atoms with van der Waals surface area (Å²) in [6.07, 6.45) is 75.2. The van der Waals surface area contributed by atoms with E-state index in [-0.39, 0.29) is 31.1 Å². The van der Waals surface area contributed by atoms with E-state index in [1.165, 1.54) is 161 Å². The third kappa shape index (κ3) is 55.8. The summed E-state index contributed by atoms with van der Waals surface area (Å²) in [5.74, 6) is -0.885. The van der Waals surface area contributed by atoms with E-state index in [9.17, 15) is 14.4 Å². The zero-order valence-electron chi connectivity index (χ0n) is 46.3. The van der Waals surface area contributed by atoms with Crippen LogP contribution in [-0.4, -0.2) is 37.2 Å². The fraction of sp³-hybridized carbons (Fsp3) is 0.766. The van der Waals surface area contributed by atoms with Gasteiger partial charge in [0.1, 0.15) is 13.2 Å². The van der Waals surface area contributed by atoms with Gasteiger partial charge in [0.25, 0.3) is 0 Å². The van der Waals surface area contributed by atoms with Crippen LogP contribution in [0.2, 0.25) is 0 Å². The number of hydrogen-bond donors (Lipinski definition) is 0. The van der Waals surface area contributed by atoms with Crippen molar-refractivity contribution in [3.63, 3.8) is 0 Å². The summed E-state index contributed by atoms with van der Waals surface area (Å²) in [4.78, 5) is 37.8. The second kappa shape index (κ2) is 58.4. The fourth-order valence-electron chi connectivity index (χ4n) is 8.47. The summed E-state index contributed by atoms with van der Waals surface area (Å²) in [7, 11) is 0. The molecular weight excluding hydrogens is 865 g/mol. The Hall–Kier alpha value is -3.15. The van der Waals surface area contributed by atoms with Gasteiger partial charge in [0, 0.05) is 19.3 Å². The van der Waals surface area contributed by atoms with Crippen LogP contribution in [0.3, 0.4) is 0 Å². The van der Waals surface area contributed by atoms with Gasteiger partial charge < -0.3 is 14.2 Å². The maximum atomic E-state index is 12.7. The molecule has 0 N–H and O–H groups in total. The van der Waals surface area contributed by atoms with E-state index >= 15 is 0 Å². The van der Waals surface area contributed by atoms with Crippen molar-refractivity contribution in [3.05, 3.63) is 72.9 Å². The number of rotatable bonds is 54. The summed E-state index contributed by atoms with van der Waals surface area (Å²) in [6, 6.07) is 0. The first-order valence-electron chi connectivity index (χ1n) is 29.9. The third-order valence-electron chi connectivity index (χ3n) is 12.9. The molecule has 6 heteroatoms. The Kier molecular flexibility index (Phi) is 55.8. The third-order valence-corrected chi connectivity index (χ3v) is 12.9. The van der Waals surface area contributed by atoms with Gasteiger partial charge in [0.2, 0.25) is 0 Å². The molecule has 0 fully saturated rings. The summed E-state index contributed by atoms with van der Waals surface area (Å²) < 4.78 is 16.7. The summed E-state index contributed by atoms with van der Waals surface area (Å²) in [6.45, 7) is 6.46. The molecule has 0 spiro atoms. The molecule has 0 rings (SSSR count). The SMILES string of the molecule is CC/C=C\C/C=C\C/C=C\C/C=C\C/C=C\CCCCCCCCCCCCCCCCCCCC(=O)OCC(COC(=O)CCCCCCCC)OC(=O)CCCCCCC/C=C\CCCCCC. The van der Waals surface area contributed by atoms with Crippen LogP contribution in [0.5, 0.6) is 0 Å². The molecule has 0 radical (unpaired) electrons. The van der Waals surface area contributed by atoms with Gasteiger partial charge in [-0.1, -0.05) is 261 Å². The molecule has 404 valence electrons. The molecule has 0 bridgehead atoms. The molecule has 0 aromatic rings. The van der Waals surface area contributed by atoms with Crippen molar-refractivity contribution in [2.75, 3.05) is 13.2 Å². The summed E-state index contributed by atoms with van der Waals surface area (Å²) in [5, 5.41) is 0. The molecule has 6 nitrogen and oxygen atoms in total. The predicted octanol–water partition coefficient (Wildman–Crippen LogP) is 20.2. The largest absolute Gasteiger partial charge is 0.462 e. The second-order valence-electron chi connectivity index (χ2n) is 19.9. The van der Waals surface area contributed by atoms with Crippen LogP contribution in [-0.2, 0) is 28.6 Å². The lowest BCUT2D eigenvalue weighted by atomic mass is 10.0. The normalized spacial score (nSPS) is 12.6. The Morgan fingerprint density at radius 2 is 0.557 bits per heavy atom. The van der Waals surface area contributed by atoms with Crippen LogP contribution < -0.4 is 0 Å². The second-order valence-corrected chi connectivity index (χ2v) is 19.9. The van der Waals surface area contributed by atoms with Gasteiger partial charge in [-0.3, -0.25) is 14.4 Å². The maximum absolute atomic E-state index is 12.7. The topological polar surface area (TPSA) is 78.9 Å². The summed E-state index contributed by atoms with van der Waals surface area (Å²) >= 11 is 0. The molecule has 0 saturated heterocycles. The maximum Gasteiger partial charge on any atom is 0.306 e. The van der Waals surface area contributed by atoms with Crippen molar-refractivity contribution in [1.82, 2.24) is 0 Å². The smallest absolute Gasteiger partial charge is 0.306 e. The monoisotopic (exact) mass is 977 g/mol. The summed E-state index contributed by atoms with van der Waals surface area (Å²) in [5.41, 5.74) is 0. The van der Waals surface area contributed by atoms with Gasteiger partial charge in [-0.25, -0.2) is 0 Å². The predicted molar refractivity (Wildman–Crippen MR) is 302 cm³/mol. The number of unbranched alkanes of at least 4 members (excludes halogenated alkanes) is 31. The Morgan fingerprint density at radius 3 is 0.900 bits per heavy atom. The Bertz CT molecular complexity index is 1310. The zero-order valence-corrected chi connectivity index (χ0v) is 46.3. The molecule has 70 heavy (non-hydrogen) atoms. The van der Waals surface area contributed by atoms with E-state index in [0.29, 0.717) is 19.3 Å². The van der Waals surface area contributed by atoms with Crippen molar-refractivity contribution < 1.29 is 28.6 Å². The standard InChI is InChI=1S/C64H112O6/c1-4-7-10-13-16-18-20-22-23-24-25-26-27-28-29-30-31-32-33-34-35-36-37-38-39-40-41-43-44-46-48-51-54-57-63(66)69-60-61(59-68-62(65)56-53-50-15-12-9-6-3)70-64(67)58-55-52-49-47-45-42-21-19-17-14-11-8-5-2/h7,10,16,18-19,21-23,25-26,28-29,61H,4-6,8-9,11-15,17,20,24,27,30-60H2,1-3H3/b10-7-,18-16-,21-19-,23-22-,26-25-,29-28-. The van der Waals surface area contributed by atoms with Crippen LogP contribution in [0.1, 0.15) is 297 Å². The quantitative estimate of drug-likeness (QED) is 0.0261. The Balaban J connectivity index is 3.95. The van der Waals surface area contributed by atoms with Gasteiger partial charge in [-0.2, -0.15) is 0 Å². The molecule has 0 saturated carbocycles. The zero-order chi connectivity index (χ0) is 50.7. The van der Waals surface area contributed by atoms with Crippen LogP contribution in [0, 0.1) is 0 Å². The first-order chi connectivity index (χ1) is 34.5. The van der Waals surface area contributed by atoms with Gasteiger partial charge in [0.05, 0.1) is 0 Å². The number of esters is 3. The minimum absolute atomic E-state index is 0.0749. The van der Waals surface area contributed by atoms with Gasteiger partial charge >= 0.3 is 17.9 Å². The molecule has 0 aliphatic rings. The molecule has 0 amide bonds. The highest BCUT2D eigenvalue weighted by molar-refractivity contribution is 5.71. The Morgan fingerprint density at radius 1 is 0.300 bits per heavy atom. The molecule has 0 aromatic heterocycles. The van der Waals surface area contributed by atoms with E-state index < -0.39 is 6.10 Å². The van der Waals surface area contributed by atoms with Gasteiger partial charge in [-0.15, -0.1) is 0 Å². The van der Waals surface area contributed by atoms with Crippen LogP contribution in [0.4, 0.5) is 0 Å². The van der Waals surface area contributed by atoms with Crippen molar-refractivity contribution in [3.8, 4) is 0 Å². The molecule has 1 atom stereocenters. The highest BCUT2D eigenvalue weighted by atomic mass is 16.6. The lowest BCUT2D eigenvalue weighted by Crippen LogP contribution is -2.30. The van der Waals surface area contributed by atoms with Crippen molar-refractivity contribution in [2.45, 2.75) is 303 Å². The van der Waals surface area contributed by atoms with Gasteiger partial charge in [0.15, 0.2) is 6.10 Å². The highest BCUT2D eigenvalue weighted by Crippen LogP contribution is 2.16. The number of carbonyl (C=O) groups excluding carboxylic acids is 3. The molecular formula is C64H112O6. The van der Waals surface area contributed by atoms with Crippen LogP contribution in [0.15, 0.2) is 72.9 Å². The molecule has 0 aliphatic carbocycles. The van der Waals surface area contributed by atoms with Crippen molar-refractivity contribution in [2.24, 2.45) is 0 Å². The molecule has 1 unspecified atom stereocenters. The van der Waals surface area contributed by atoms with Crippen molar-refractivity contribution in [1.29, 1.82) is 0 Å². The fourth-order valence-corrected chi connectivity index (χ4v) is 8.47. The average Bonchev–Trinajstić information content (AvgIpc) is 3.36. The molecule has 0 heterocycles. The highest BCUT2D eigenvalue weighted by Gasteiger charge is 2.19. The minimum atomic E-state index is -0.773. The van der Waals surface area contributed by atoms with E-state index in [0.717, 1.165) is 96.3 Å². The lowest BCUT2D eigenvalue weighted by Gasteiger charge is -2.18. The van der Waals surface area contributed by atoms with E-state index in [1.54, 1.807) is 0 Å².